The Labute approximate surface area is 91.4 Å². The van der Waals surface area contributed by atoms with Crippen molar-refractivity contribution >= 4 is 0 Å². The van der Waals surface area contributed by atoms with Gasteiger partial charge in [-0.25, -0.2) is 0 Å². The quantitative estimate of drug-likeness (QED) is 0.769. The molecule has 1 aromatic rings. The summed E-state index contributed by atoms with van der Waals surface area (Å²) in [5.41, 5.74) is 5.46. The van der Waals surface area contributed by atoms with Crippen molar-refractivity contribution in [3.8, 4) is 0 Å². The highest BCUT2D eigenvalue weighted by Crippen LogP contribution is 2.27. The maximum absolute atomic E-state index is 3.35. The Bertz CT molecular complexity index is 394. The van der Waals surface area contributed by atoms with E-state index in [0.29, 0.717) is 5.92 Å². The van der Waals surface area contributed by atoms with Crippen molar-refractivity contribution in [3.05, 3.63) is 46.8 Å². The Kier molecular flexibility index (Phi) is 2.67. The van der Waals surface area contributed by atoms with Gasteiger partial charge in [-0.3, -0.25) is 0 Å². The van der Waals surface area contributed by atoms with E-state index in [-0.39, 0.29) is 0 Å². The molecule has 1 atom stereocenters. The molecule has 0 bridgehead atoms. The van der Waals surface area contributed by atoms with Gasteiger partial charge in [0, 0.05) is 17.8 Å². The highest BCUT2D eigenvalue weighted by atomic mass is 15.1. The molecule has 0 aromatic heterocycles. The minimum atomic E-state index is 0.444. The van der Waals surface area contributed by atoms with Crippen LogP contribution in [0, 0.1) is 13.8 Å². The monoisotopic (exact) mass is 202 g/mol. The van der Waals surface area contributed by atoms with Crippen LogP contribution >= 0.6 is 0 Å². The van der Waals surface area contributed by atoms with Gasteiger partial charge in [-0.15, -0.1) is 0 Å². The van der Waals surface area contributed by atoms with E-state index in [1.807, 2.05) is 0 Å². The average molecular weight is 202 g/mol. The predicted octanol–water partition coefficient (Wildman–Crippen LogP) is 2.40. The summed E-state index contributed by atoms with van der Waals surface area (Å²) in [5, 5.41) is 6.54. The van der Waals surface area contributed by atoms with Crippen molar-refractivity contribution in [1.29, 1.82) is 0 Å². The molecule has 1 aromatic carbocycles. The topological polar surface area (TPSA) is 24.1 Å². The number of allylic oxidation sites excluding steroid dienone is 1. The van der Waals surface area contributed by atoms with Crippen LogP contribution in [0.4, 0.5) is 0 Å². The van der Waals surface area contributed by atoms with Crippen molar-refractivity contribution in [2.75, 3.05) is 6.67 Å². The number of aryl methyl sites for hydroxylation is 1. The number of nitrogens with one attached hydrogen (secondary N) is 2. The lowest BCUT2D eigenvalue weighted by molar-refractivity contribution is 0.745. The van der Waals surface area contributed by atoms with Crippen LogP contribution in [0.25, 0.3) is 0 Å². The highest BCUT2D eigenvalue weighted by molar-refractivity contribution is 5.39. The van der Waals surface area contributed by atoms with Crippen LogP contribution in [0.3, 0.4) is 0 Å². The van der Waals surface area contributed by atoms with Gasteiger partial charge in [-0.05, 0) is 30.5 Å². The molecule has 1 aliphatic heterocycles. The van der Waals surface area contributed by atoms with E-state index in [1.165, 1.54) is 22.4 Å². The van der Waals surface area contributed by atoms with Gasteiger partial charge in [0.25, 0.3) is 0 Å². The summed E-state index contributed by atoms with van der Waals surface area (Å²) in [7, 11) is 0. The van der Waals surface area contributed by atoms with E-state index in [0.717, 1.165) is 6.67 Å². The zero-order valence-corrected chi connectivity index (χ0v) is 9.59. The third-order valence-corrected chi connectivity index (χ3v) is 3.23. The van der Waals surface area contributed by atoms with Crippen LogP contribution in [-0.4, -0.2) is 6.67 Å². The summed E-state index contributed by atoms with van der Waals surface area (Å²) in [5.74, 6) is 0.444. The zero-order chi connectivity index (χ0) is 10.8. The Hall–Kier alpha value is -1.44. The van der Waals surface area contributed by atoms with Gasteiger partial charge in [0.1, 0.15) is 0 Å². The molecule has 15 heavy (non-hydrogen) atoms. The van der Waals surface area contributed by atoms with Gasteiger partial charge in [-0.2, -0.15) is 0 Å². The molecule has 2 heteroatoms. The SMILES string of the molecule is Cc1cccc([C@@H](C)C2=CNCN2)c1C. The van der Waals surface area contributed by atoms with Crippen LogP contribution in [-0.2, 0) is 0 Å². The fourth-order valence-corrected chi connectivity index (χ4v) is 2.05. The number of benzene rings is 1. The van der Waals surface area contributed by atoms with Gasteiger partial charge >= 0.3 is 0 Å². The molecule has 0 fully saturated rings. The second-order valence-corrected chi connectivity index (χ2v) is 4.17. The molecular formula is C13H18N2. The van der Waals surface area contributed by atoms with Gasteiger partial charge in [0.05, 0.1) is 6.67 Å². The molecule has 0 saturated heterocycles. The van der Waals surface area contributed by atoms with Crippen molar-refractivity contribution in [2.24, 2.45) is 0 Å². The van der Waals surface area contributed by atoms with Gasteiger partial charge in [0.2, 0.25) is 0 Å². The predicted molar refractivity (Wildman–Crippen MR) is 63.6 cm³/mol. The van der Waals surface area contributed by atoms with Crippen LogP contribution in [0.1, 0.15) is 29.5 Å². The number of hydrogen-bond acceptors (Lipinski definition) is 2. The second kappa shape index (κ2) is 3.97. The van der Waals surface area contributed by atoms with Crippen LogP contribution in [0.2, 0.25) is 0 Å². The fourth-order valence-electron chi connectivity index (χ4n) is 2.05. The lowest BCUT2D eigenvalue weighted by Gasteiger charge is -2.17. The molecule has 1 aliphatic rings. The van der Waals surface area contributed by atoms with Gasteiger partial charge < -0.3 is 10.6 Å². The first-order valence-electron chi connectivity index (χ1n) is 5.43. The normalized spacial score (nSPS) is 16.6. The minimum Gasteiger partial charge on any atom is -0.372 e. The maximum atomic E-state index is 3.35. The van der Waals surface area contributed by atoms with Crippen LogP contribution in [0.5, 0.6) is 0 Å². The standard InChI is InChI=1S/C13H18N2/c1-9-5-4-6-12(10(9)2)11(3)13-7-14-8-15-13/h4-7,11,14-15H,8H2,1-3H3/t11-/m1/s1. The van der Waals surface area contributed by atoms with Gasteiger partial charge in [-0.1, -0.05) is 25.1 Å². The van der Waals surface area contributed by atoms with E-state index in [4.69, 9.17) is 0 Å². The fraction of sp³-hybridized carbons (Fsp3) is 0.385. The average Bonchev–Trinajstić information content (AvgIpc) is 2.74. The third kappa shape index (κ3) is 1.84. The molecule has 0 radical (unpaired) electrons. The molecule has 0 spiro atoms. The van der Waals surface area contributed by atoms with Crippen molar-refractivity contribution in [3.63, 3.8) is 0 Å². The first kappa shape index (κ1) is 10.1. The lowest BCUT2D eigenvalue weighted by Crippen LogP contribution is -2.17. The van der Waals surface area contributed by atoms with Crippen molar-refractivity contribution in [1.82, 2.24) is 10.6 Å². The second-order valence-electron chi connectivity index (χ2n) is 4.17. The molecule has 1 heterocycles. The highest BCUT2D eigenvalue weighted by Gasteiger charge is 2.15. The summed E-state index contributed by atoms with van der Waals surface area (Å²) >= 11 is 0. The molecule has 0 saturated carbocycles. The number of rotatable bonds is 2. The molecule has 2 nitrogen and oxygen atoms in total. The molecule has 0 amide bonds. The number of hydrogen-bond donors (Lipinski definition) is 2. The molecule has 2 N–H and O–H groups in total. The minimum absolute atomic E-state index is 0.444. The Morgan fingerprint density at radius 3 is 2.73 bits per heavy atom. The summed E-state index contributed by atoms with van der Waals surface area (Å²) in [6.07, 6.45) is 2.08. The summed E-state index contributed by atoms with van der Waals surface area (Å²) in [6.45, 7) is 7.46. The molecule has 2 rings (SSSR count). The van der Waals surface area contributed by atoms with Crippen molar-refractivity contribution in [2.45, 2.75) is 26.7 Å². The van der Waals surface area contributed by atoms with Gasteiger partial charge in [0.15, 0.2) is 0 Å². The Balaban J connectivity index is 2.32. The van der Waals surface area contributed by atoms with Crippen molar-refractivity contribution < 1.29 is 0 Å². The third-order valence-electron chi connectivity index (χ3n) is 3.23. The molecular weight excluding hydrogens is 184 g/mol. The zero-order valence-electron chi connectivity index (χ0n) is 9.59. The molecule has 0 aliphatic carbocycles. The van der Waals surface area contributed by atoms with Crippen LogP contribution < -0.4 is 10.6 Å². The lowest BCUT2D eigenvalue weighted by atomic mass is 9.92. The first-order valence-corrected chi connectivity index (χ1v) is 5.43. The van der Waals surface area contributed by atoms with E-state index < -0.39 is 0 Å². The molecule has 0 unspecified atom stereocenters. The summed E-state index contributed by atoms with van der Waals surface area (Å²) in [4.78, 5) is 0. The smallest absolute Gasteiger partial charge is 0.0843 e. The van der Waals surface area contributed by atoms with E-state index >= 15 is 0 Å². The van der Waals surface area contributed by atoms with E-state index in [2.05, 4.69) is 55.8 Å². The maximum Gasteiger partial charge on any atom is 0.0843 e. The van der Waals surface area contributed by atoms with Crippen LogP contribution in [0.15, 0.2) is 30.1 Å². The Morgan fingerprint density at radius 2 is 2.07 bits per heavy atom. The van der Waals surface area contributed by atoms with E-state index in [9.17, 15) is 0 Å². The summed E-state index contributed by atoms with van der Waals surface area (Å²) in [6, 6.07) is 6.52. The first-order chi connectivity index (χ1) is 7.20. The largest absolute Gasteiger partial charge is 0.372 e. The summed E-state index contributed by atoms with van der Waals surface area (Å²) < 4.78 is 0. The molecule has 80 valence electrons. The van der Waals surface area contributed by atoms with E-state index in [1.54, 1.807) is 0 Å². The Morgan fingerprint density at radius 1 is 1.27 bits per heavy atom.